The molecule has 0 bridgehead atoms. The van der Waals surface area contributed by atoms with Crippen molar-refractivity contribution in [1.82, 2.24) is 0 Å². The highest BCUT2D eigenvalue weighted by atomic mass is 15.1. The van der Waals surface area contributed by atoms with Gasteiger partial charge in [0.25, 0.3) is 0 Å². The van der Waals surface area contributed by atoms with Crippen LogP contribution in [0.3, 0.4) is 0 Å². The van der Waals surface area contributed by atoms with Crippen molar-refractivity contribution >= 4 is 38.6 Å². The van der Waals surface area contributed by atoms with Crippen LogP contribution in [-0.4, -0.2) is 20.1 Å². The molecule has 0 spiro atoms. The summed E-state index contributed by atoms with van der Waals surface area (Å²) in [7, 11) is 2.15. The molecule has 6 rings (SSSR count). The maximum atomic E-state index is 2.47. The number of anilines is 3. The standard InChI is InChI=1S/C32H30N2.5C2H6/c1-4-33(3)25-15-17-28-23(19-25)13-14-24-20-26(16-18-29(24)28)34(5-2)32-12-8-11-30-27-10-7-6-9-22(27)21-31(30)32;5*1-2/h6-20H,4-5,21H2,1-3H3;5*1-2H3. The van der Waals surface area contributed by atoms with Crippen molar-refractivity contribution in [2.45, 2.75) is 89.5 Å². The van der Waals surface area contributed by atoms with Crippen LogP contribution in [0.4, 0.5) is 17.1 Å². The molecule has 44 heavy (non-hydrogen) atoms. The number of fused-ring (bicyclic) bond motifs is 6. The van der Waals surface area contributed by atoms with Gasteiger partial charge < -0.3 is 9.80 Å². The van der Waals surface area contributed by atoms with Gasteiger partial charge in [0.2, 0.25) is 0 Å². The summed E-state index contributed by atoms with van der Waals surface area (Å²) in [6, 6.07) is 33.9. The van der Waals surface area contributed by atoms with Gasteiger partial charge in [0.1, 0.15) is 0 Å². The Morgan fingerprint density at radius 3 is 1.61 bits per heavy atom. The van der Waals surface area contributed by atoms with Gasteiger partial charge in [-0.25, -0.2) is 0 Å². The van der Waals surface area contributed by atoms with Gasteiger partial charge in [0, 0.05) is 43.6 Å². The lowest BCUT2D eigenvalue weighted by atomic mass is 10.00. The van der Waals surface area contributed by atoms with Gasteiger partial charge in [-0.3, -0.25) is 0 Å². The fourth-order valence-corrected chi connectivity index (χ4v) is 5.52. The van der Waals surface area contributed by atoms with Gasteiger partial charge in [0.05, 0.1) is 0 Å². The van der Waals surface area contributed by atoms with Crippen molar-refractivity contribution in [1.29, 1.82) is 0 Å². The lowest BCUT2D eigenvalue weighted by Gasteiger charge is -2.26. The predicted molar refractivity (Wildman–Crippen MR) is 205 cm³/mol. The Morgan fingerprint density at radius 1 is 0.523 bits per heavy atom. The molecule has 0 saturated carbocycles. The normalized spacial score (nSPS) is 10.0. The van der Waals surface area contributed by atoms with Crippen LogP contribution in [0.2, 0.25) is 0 Å². The summed E-state index contributed by atoms with van der Waals surface area (Å²) in [5.41, 5.74) is 9.47. The molecular formula is C42H60N2. The molecule has 0 unspecified atom stereocenters. The maximum Gasteiger partial charge on any atom is 0.0452 e. The van der Waals surface area contributed by atoms with E-state index < -0.39 is 0 Å². The second kappa shape index (κ2) is 20.2. The van der Waals surface area contributed by atoms with Crippen LogP contribution in [0.5, 0.6) is 0 Å². The van der Waals surface area contributed by atoms with Crippen LogP contribution in [0.1, 0.15) is 94.2 Å². The van der Waals surface area contributed by atoms with Crippen LogP contribution in [0, 0.1) is 0 Å². The Bertz CT molecular complexity index is 1530. The van der Waals surface area contributed by atoms with E-state index in [9.17, 15) is 0 Å². The van der Waals surface area contributed by atoms with Crippen molar-refractivity contribution in [2.75, 3.05) is 29.9 Å². The SMILES string of the molecule is CC.CC.CC.CC.CC.CCN(C)c1ccc2c(ccc3cc(N(CC)c4cccc5c4Cc4ccccc4-5)ccc32)c1. The van der Waals surface area contributed by atoms with E-state index >= 15 is 0 Å². The third kappa shape index (κ3) is 8.23. The molecule has 2 nitrogen and oxygen atoms in total. The highest BCUT2D eigenvalue weighted by Crippen LogP contribution is 2.43. The maximum absolute atomic E-state index is 2.47. The number of nitrogens with zero attached hydrogens (tertiary/aromatic N) is 2. The average Bonchev–Trinajstić information content (AvgIpc) is 3.51. The molecule has 1 aliphatic carbocycles. The van der Waals surface area contributed by atoms with Crippen molar-refractivity contribution < 1.29 is 0 Å². The molecule has 5 aromatic carbocycles. The number of hydrogen-bond acceptors (Lipinski definition) is 2. The third-order valence-electron chi connectivity index (χ3n) is 7.46. The monoisotopic (exact) mass is 592 g/mol. The van der Waals surface area contributed by atoms with E-state index in [4.69, 9.17) is 0 Å². The molecule has 1 aliphatic rings. The second-order valence-corrected chi connectivity index (χ2v) is 9.27. The zero-order valence-electron chi connectivity index (χ0n) is 30.2. The first-order valence-corrected chi connectivity index (χ1v) is 17.3. The molecular weight excluding hydrogens is 532 g/mol. The van der Waals surface area contributed by atoms with Gasteiger partial charge in [-0.2, -0.15) is 0 Å². The molecule has 0 radical (unpaired) electrons. The fourth-order valence-electron chi connectivity index (χ4n) is 5.52. The Balaban J connectivity index is 0.000000884. The Morgan fingerprint density at radius 2 is 1.05 bits per heavy atom. The minimum Gasteiger partial charge on any atom is -0.375 e. The molecule has 0 aromatic heterocycles. The minimum atomic E-state index is 0.929. The summed E-state index contributed by atoms with van der Waals surface area (Å²) >= 11 is 0. The summed E-state index contributed by atoms with van der Waals surface area (Å²) in [6.45, 7) is 26.4. The lowest BCUT2D eigenvalue weighted by molar-refractivity contribution is 0.970. The van der Waals surface area contributed by atoms with E-state index in [1.54, 1.807) is 0 Å². The number of hydrogen-bond donors (Lipinski definition) is 0. The summed E-state index contributed by atoms with van der Waals surface area (Å²) in [5.74, 6) is 0. The van der Waals surface area contributed by atoms with Crippen molar-refractivity contribution in [2.24, 2.45) is 0 Å². The topological polar surface area (TPSA) is 6.48 Å². The van der Waals surface area contributed by atoms with E-state index in [0.717, 1.165) is 19.5 Å². The van der Waals surface area contributed by atoms with E-state index in [-0.39, 0.29) is 0 Å². The molecule has 0 fully saturated rings. The van der Waals surface area contributed by atoms with Gasteiger partial charge in [-0.1, -0.05) is 130 Å². The van der Waals surface area contributed by atoms with Crippen LogP contribution >= 0.6 is 0 Å². The van der Waals surface area contributed by atoms with E-state index in [2.05, 4.69) is 122 Å². The molecule has 0 atom stereocenters. The lowest BCUT2D eigenvalue weighted by Crippen LogP contribution is -2.17. The smallest absolute Gasteiger partial charge is 0.0452 e. The highest BCUT2D eigenvalue weighted by Gasteiger charge is 2.23. The van der Waals surface area contributed by atoms with Gasteiger partial charge in [-0.15, -0.1) is 0 Å². The molecule has 0 N–H and O–H groups in total. The Kier molecular flexibility index (Phi) is 17.6. The quantitative estimate of drug-likeness (QED) is 0.184. The van der Waals surface area contributed by atoms with Crippen LogP contribution in [0.15, 0.2) is 91.0 Å². The third-order valence-corrected chi connectivity index (χ3v) is 7.46. The first kappa shape index (κ1) is 38.2. The van der Waals surface area contributed by atoms with Crippen LogP contribution in [-0.2, 0) is 6.42 Å². The van der Waals surface area contributed by atoms with Crippen molar-refractivity contribution in [3.8, 4) is 11.1 Å². The van der Waals surface area contributed by atoms with E-state index in [1.165, 1.54) is 60.9 Å². The van der Waals surface area contributed by atoms with Gasteiger partial charge >= 0.3 is 0 Å². The predicted octanol–water partition coefficient (Wildman–Crippen LogP) is 13.3. The average molecular weight is 593 g/mol. The highest BCUT2D eigenvalue weighted by molar-refractivity contribution is 6.09. The first-order valence-electron chi connectivity index (χ1n) is 17.3. The molecule has 2 heteroatoms. The summed E-state index contributed by atoms with van der Waals surface area (Å²) in [5, 5.41) is 5.21. The van der Waals surface area contributed by atoms with Gasteiger partial charge in [-0.05, 0) is 88.0 Å². The summed E-state index contributed by atoms with van der Waals surface area (Å²) < 4.78 is 0. The second-order valence-electron chi connectivity index (χ2n) is 9.27. The Hall–Kier alpha value is -3.78. The molecule has 5 aromatic rings. The van der Waals surface area contributed by atoms with Crippen LogP contribution in [0.25, 0.3) is 32.7 Å². The van der Waals surface area contributed by atoms with Crippen molar-refractivity contribution in [3.05, 3.63) is 102 Å². The van der Waals surface area contributed by atoms with E-state index in [1.807, 2.05) is 69.2 Å². The number of benzene rings is 5. The Labute approximate surface area is 270 Å². The molecule has 0 saturated heterocycles. The summed E-state index contributed by atoms with van der Waals surface area (Å²) in [4.78, 5) is 4.75. The molecule has 0 heterocycles. The first-order chi connectivity index (χ1) is 21.7. The van der Waals surface area contributed by atoms with Gasteiger partial charge in [0.15, 0.2) is 0 Å². The largest absolute Gasteiger partial charge is 0.375 e. The zero-order valence-corrected chi connectivity index (χ0v) is 30.2. The molecule has 0 aliphatic heterocycles. The molecule has 0 amide bonds. The molecule has 238 valence electrons. The van der Waals surface area contributed by atoms with E-state index in [0.29, 0.717) is 0 Å². The van der Waals surface area contributed by atoms with Crippen molar-refractivity contribution in [3.63, 3.8) is 0 Å². The van der Waals surface area contributed by atoms with Crippen LogP contribution < -0.4 is 9.80 Å². The zero-order chi connectivity index (χ0) is 33.2. The summed E-state index contributed by atoms with van der Waals surface area (Å²) in [6.07, 6.45) is 1.00. The number of rotatable bonds is 5. The minimum absolute atomic E-state index is 0.929. The fraction of sp³-hybridized carbons (Fsp3) is 0.381.